The molecule has 0 saturated carbocycles. The smallest absolute Gasteiger partial charge is 0.347 e. The summed E-state index contributed by atoms with van der Waals surface area (Å²) < 4.78 is 51.7. The van der Waals surface area contributed by atoms with Crippen LogP contribution in [0.2, 0.25) is 0 Å². The summed E-state index contributed by atoms with van der Waals surface area (Å²) in [6.45, 7) is 1.45. The predicted octanol–water partition coefficient (Wildman–Crippen LogP) is 2.67. The molecular weight excluding hydrogens is 380 g/mol. The monoisotopic (exact) mass is 394 g/mol. The number of halogens is 4. The Bertz CT molecular complexity index is 1030. The highest BCUT2D eigenvalue weighted by molar-refractivity contribution is 5.93. The summed E-state index contributed by atoms with van der Waals surface area (Å²) in [6.07, 6.45) is -4.82. The van der Waals surface area contributed by atoms with Crippen molar-refractivity contribution in [3.8, 4) is 11.4 Å². The summed E-state index contributed by atoms with van der Waals surface area (Å²) in [4.78, 5) is 17.8. The lowest BCUT2D eigenvalue weighted by atomic mass is 10.1. The largest absolute Gasteiger partial charge is 0.419 e. The quantitative estimate of drug-likeness (QED) is 0.688. The minimum absolute atomic E-state index is 0.0422. The third-order valence-corrected chi connectivity index (χ3v) is 3.74. The van der Waals surface area contributed by atoms with Crippen LogP contribution in [0, 0.1) is 12.7 Å². The second-order valence-electron chi connectivity index (χ2n) is 5.98. The van der Waals surface area contributed by atoms with E-state index in [-0.39, 0.29) is 17.8 Å². The first-order valence-electron chi connectivity index (χ1n) is 8.00. The highest BCUT2D eigenvalue weighted by Crippen LogP contribution is 2.31. The second-order valence-corrected chi connectivity index (χ2v) is 5.98. The van der Waals surface area contributed by atoms with Crippen LogP contribution in [-0.2, 0) is 19.8 Å². The number of pyridine rings is 1. The van der Waals surface area contributed by atoms with E-state index in [0.717, 1.165) is 0 Å². The fourth-order valence-electron chi connectivity index (χ4n) is 2.49. The van der Waals surface area contributed by atoms with E-state index in [1.54, 1.807) is 20.0 Å². The van der Waals surface area contributed by atoms with Crippen LogP contribution in [0.5, 0.6) is 0 Å². The van der Waals surface area contributed by atoms with E-state index in [4.69, 9.17) is 0 Å². The molecule has 0 unspecified atom stereocenters. The Balaban J connectivity index is 1.78. The fourth-order valence-corrected chi connectivity index (χ4v) is 2.49. The third-order valence-electron chi connectivity index (χ3n) is 3.74. The molecule has 0 bridgehead atoms. The molecule has 0 fully saturated rings. The van der Waals surface area contributed by atoms with Gasteiger partial charge in [-0.25, -0.2) is 9.37 Å². The van der Waals surface area contributed by atoms with Gasteiger partial charge in [-0.15, -0.1) is 10.2 Å². The van der Waals surface area contributed by atoms with Crippen LogP contribution in [0.3, 0.4) is 0 Å². The molecule has 1 aromatic carbocycles. The van der Waals surface area contributed by atoms with Crippen LogP contribution in [-0.4, -0.2) is 31.1 Å². The highest BCUT2D eigenvalue weighted by atomic mass is 19.4. The van der Waals surface area contributed by atoms with Gasteiger partial charge in [-0.2, -0.15) is 18.0 Å². The molecule has 0 spiro atoms. The Morgan fingerprint density at radius 3 is 2.61 bits per heavy atom. The van der Waals surface area contributed by atoms with Crippen molar-refractivity contribution in [1.29, 1.82) is 0 Å². The maximum absolute atomic E-state index is 13.3. The van der Waals surface area contributed by atoms with Gasteiger partial charge in [0, 0.05) is 17.8 Å². The van der Waals surface area contributed by atoms with Crippen molar-refractivity contribution < 1.29 is 22.4 Å². The van der Waals surface area contributed by atoms with Crippen LogP contribution < -0.4 is 5.32 Å². The number of nitrogens with zero attached hydrogens (tertiary/aromatic N) is 5. The van der Waals surface area contributed by atoms with E-state index in [1.165, 1.54) is 16.9 Å². The van der Waals surface area contributed by atoms with Gasteiger partial charge in [0.1, 0.15) is 11.5 Å². The van der Waals surface area contributed by atoms with Gasteiger partial charge in [0.05, 0.1) is 12.6 Å². The number of hydrogen-bond acceptors (Lipinski definition) is 5. The number of tetrazole rings is 1. The number of alkyl halides is 3. The summed E-state index contributed by atoms with van der Waals surface area (Å²) in [5.74, 6) is -1.67. The van der Waals surface area contributed by atoms with E-state index in [1.807, 2.05) is 0 Å². The van der Waals surface area contributed by atoms with Gasteiger partial charge in [-0.3, -0.25) is 4.79 Å². The number of aryl methyl sites for hydroxylation is 2. The van der Waals surface area contributed by atoms with E-state index >= 15 is 0 Å². The van der Waals surface area contributed by atoms with Crippen LogP contribution in [0.25, 0.3) is 11.4 Å². The maximum Gasteiger partial charge on any atom is 0.419 e. The first-order chi connectivity index (χ1) is 13.1. The lowest BCUT2D eigenvalue weighted by Gasteiger charge is -2.11. The molecule has 0 atom stereocenters. The van der Waals surface area contributed by atoms with Crippen LogP contribution in [0.4, 0.5) is 17.6 Å². The summed E-state index contributed by atoms with van der Waals surface area (Å²) >= 11 is 0. The zero-order chi connectivity index (χ0) is 20.5. The molecule has 0 aliphatic rings. The van der Waals surface area contributed by atoms with Gasteiger partial charge in [0.25, 0.3) is 5.91 Å². The molecule has 7 nitrogen and oxygen atoms in total. The first kappa shape index (κ1) is 19.4. The number of rotatable bonds is 4. The third kappa shape index (κ3) is 4.30. The summed E-state index contributed by atoms with van der Waals surface area (Å²) in [5, 5.41) is 14.1. The molecule has 1 N–H and O–H groups in total. The van der Waals surface area contributed by atoms with Crippen molar-refractivity contribution >= 4 is 5.91 Å². The van der Waals surface area contributed by atoms with Crippen molar-refractivity contribution in [2.45, 2.75) is 19.6 Å². The van der Waals surface area contributed by atoms with E-state index in [9.17, 15) is 22.4 Å². The van der Waals surface area contributed by atoms with Gasteiger partial charge in [-0.1, -0.05) is 6.07 Å². The summed E-state index contributed by atoms with van der Waals surface area (Å²) in [6, 6.07) is 5.67. The molecule has 3 rings (SSSR count). The molecule has 146 valence electrons. The van der Waals surface area contributed by atoms with Gasteiger partial charge in [-0.05, 0) is 42.0 Å². The molecule has 2 heterocycles. The van der Waals surface area contributed by atoms with E-state index in [0.29, 0.717) is 29.2 Å². The number of amides is 1. The second kappa shape index (κ2) is 7.33. The van der Waals surface area contributed by atoms with Gasteiger partial charge < -0.3 is 5.32 Å². The average molecular weight is 394 g/mol. The molecule has 11 heteroatoms. The molecule has 0 radical (unpaired) electrons. The summed E-state index contributed by atoms with van der Waals surface area (Å²) in [5.41, 5.74) is -0.196. The minimum Gasteiger partial charge on any atom is -0.347 e. The molecule has 28 heavy (non-hydrogen) atoms. The molecule has 3 aromatic rings. The topological polar surface area (TPSA) is 85.6 Å². The minimum atomic E-state index is -4.82. The standard InChI is InChI=1S/C17H14F4N6O/c1-9-5-11(15-24-26-27(2)25-15)7-14(23-9)16(28)22-8-10-3-4-13(18)12(6-10)17(19,20)21/h3-7H,8H2,1-2H3,(H,22,28). The van der Waals surface area contributed by atoms with Crippen LogP contribution in [0.1, 0.15) is 27.3 Å². The molecule has 1 amide bonds. The van der Waals surface area contributed by atoms with Crippen molar-refractivity contribution in [2.24, 2.45) is 7.05 Å². The fraction of sp³-hybridized carbons (Fsp3) is 0.235. The number of nitrogens with one attached hydrogen (secondary N) is 1. The Morgan fingerprint density at radius 2 is 1.96 bits per heavy atom. The van der Waals surface area contributed by atoms with Crippen LogP contribution in [0.15, 0.2) is 30.3 Å². The van der Waals surface area contributed by atoms with E-state index in [2.05, 4.69) is 25.7 Å². The average Bonchev–Trinajstić information content (AvgIpc) is 3.05. The number of benzene rings is 1. The maximum atomic E-state index is 13.3. The van der Waals surface area contributed by atoms with E-state index < -0.39 is 23.5 Å². The SMILES string of the molecule is Cc1cc(-c2nnn(C)n2)cc(C(=O)NCc2ccc(F)c(C(F)(F)F)c2)n1. The zero-order valence-electron chi connectivity index (χ0n) is 14.8. The van der Waals surface area contributed by atoms with Gasteiger partial charge in [0.15, 0.2) is 0 Å². The number of carbonyl (C=O) groups excluding carboxylic acids is 1. The molecular formula is C17H14F4N6O. The van der Waals surface area contributed by atoms with Crippen molar-refractivity contribution in [3.63, 3.8) is 0 Å². The van der Waals surface area contributed by atoms with Gasteiger partial charge >= 0.3 is 6.18 Å². The normalized spacial score (nSPS) is 11.5. The molecule has 2 aromatic heterocycles. The molecule has 0 aliphatic heterocycles. The first-order valence-corrected chi connectivity index (χ1v) is 8.00. The summed E-state index contributed by atoms with van der Waals surface area (Å²) in [7, 11) is 1.59. The Labute approximate surface area is 156 Å². The Morgan fingerprint density at radius 1 is 1.21 bits per heavy atom. The Hall–Kier alpha value is -3.37. The van der Waals surface area contributed by atoms with Gasteiger partial charge in [0.2, 0.25) is 5.82 Å². The van der Waals surface area contributed by atoms with Crippen molar-refractivity contribution in [3.05, 3.63) is 58.7 Å². The lowest BCUT2D eigenvalue weighted by Crippen LogP contribution is -2.24. The van der Waals surface area contributed by atoms with Crippen molar-refractivity contribution in [1.82, 2.24) is 30.5 Å². The lowest BCUT2D eigenvalue weighted by molar-refractivity contribution is -0.140. The molecule has 0 aliphatic carbocycles. The number of hydrogen-bond donors (Lipinski definition) is 1. The van der Waals surface area contributed by atoms with Crippen molar-refractivity contribution in [2.75, 3.05) is 0 Å². The van der Waals surface area contributed by atoms with Crippen LogP contribution >= 0.6 is 0 Å². The number of aromatic nitrogens is 5. The predicted molar refractivity (Wildman–Crippen MR) is 89.3 cm³/mol. The zero-order valence-corrected chi connectivity index (χ0v) is 14.8. The molecule has 0 saturated heterocycles. The highest BCUT2D eigenvalue weighted by Gasteiger charge is 2.34. The Kier molecular flexibility index (Phi) is 5.08. The number of carbonyl (C=O) groups is 1.